The molecule has 128 valence electrons. The van der Waals surface area contributed by atoms with Gasteiger partial charge < -0.3 is 15.4 Å². The van der Waals surface area contributed by atoms with E-state index in [1.54, 1.807) is 13.2 Å². The molecular weight excluding hydrogens is 359 g/mol. The predicted octanol–water partition coefficient (Wildman–Crippen LogP) is 4.14. The summed E-state index contributed by atoms with van der Waals surface area (Å²) >= 11 is 3.45. The third-order valence-electron chi connectivity index (χ3n) is 5.26. The van der Waals surface area contributed by atoms with E-state index in [9.17, 15) is 4.39 Å². The highest BCUT2D eigenvalue weighted by Crippen LogP contribution is 2.47. The molecule has 5 heteroatoms. The van der Waals surface area contributed by atoms with Crippen LogP contribution in [-0.2, 0) is 4.74 Å². The quantitative estimate of drug-likeness (QED) is 0.723. The normalized spacial score (nSPS) is 26.3. The van der Waals surface area contributed by atoms with Crippen molar-refractivity contribution in [1.82, 2.24) is 5.32 Å². The minimum absolute atomic E-state index is 0.132. The van der Waals surface area contributed by atoms with Crippen LogP contribution in [0.5, 0.6) is 0 Å². The van der Waals surface area contributed by atoms with Crippen molar-refractivity contribution in [2.45, 2.75) is 31.6 Å². The molecule has 2 aliphatic rings. The Balaban J connectivity index is 1.63. The molecule has 1 aromatic carbocycles. The molecule has 0 bridgehead atoms. The van der Waals surface area contributed by atoms with E-state index < -0.39 is 0 Å². The molecule has 1 aliphatic carbocycles. The van der Waals surface area contributed by atoms with E-state index in [1.165, 1.54) is 12.8 Å². The van der Waals surface area contributed by atoms with E-state index in [1.807, 2.05) is 0 Å². The molecule has 1 saturated carbocycles. The Morgan fingerprint density at radius 3 is 3.09 bits per heavy atom. The Morgan fingerprint density at radius 1 is 1.39 bits per heavy atom. The van der Waals surface area contributed by atoms with Crippen LogP contribution >= 0.6 is 15.9 Å². The van der Waals surface area contributed by atoms with Crippen LogP contribution in [0.1, 0.15) is 37.2 Å². The van der Waals surface area contributed by atoms with Gasteiger partial charge in [0, 0.05) is 24.7 Å². The summed E-state index contributed by atoms with van der Waals surface area (Å²) in [5.74, 6) is 1.68. The zero-order chi connectivity index (χ0) is 16.2. The van der Waals surface area contributed by atoms with Crippen LogP contribution in [0.4, 0.5) is 10.1 Å². The predicted molar refractivity (Wildman–Crippen MR) is 95.5 cm³/mol. The lowest BCUT2D eigenvalue weighted by Gasteiger charge is -2.41. The van der Waals surface area contributed by atoms with Gasteiger partial charge in [0.15, 0.2) is 0 Å². The molecule has 23 heavy (non-hydrogen) atoms. The lowest BCUT2D eigenvalue weighted by Crippen LogP contribution is -2.36. The molecule has 0 saturated heterocycles. The largest absolute Gasteiger partial charge is 0.385 e. The van der Waals surface area contributed by atoms with Crippen molar-refractivity contribution < 1.29 is 9.13 Å². The fourth-order valence-corrected chi connectivity index (χ4v) is 4.53. The lowest BCUT2D eigenvalue weighted by atomic mass is 9.69. The molecule has 3 atom stereocenters. The highest BCUT2D eigenvalue weighted by molar-refractivity contribution is 9.10. The number of nitrogens with one attached hydrogen (secondary N) is 2. The third kappa shape index (κ3) is 4.06. The Hall–Kier alpha value is -0.650. The molecule has 1 heterocycles. The van der Waals surface area contributed by atoms with Crippen molar-refractivity contribution in [3.63, 3.8) is 0 Å². The van der Waals surface area contributed by atoms with Gasteiger partial charge in [0.2, 0.25) is 0 Å². The first-order valence-corrected chi connectivity index (χ1v) is 9.40. The molecule has 1 aromatic rings. The van der Waals surface area contributed by atoms with E-state index in [0.717, 1.165) is 54.8 Å². The zero-order valence-corrected chi connectivity index (χ0v) is 15.3. The summed E-state index contributed by atoms with van der Waals surface area (Å²) in [6.45, 7) is 3.79. The maximum absolute atomic E-state index is 14.2. The van der Waals surface area contributed by atoms with Gasteiger partial charge in [0.05, 0.1) is 5.69 Å². The van der Waals surface area contributed by atoms with Crippen molar-refractivity contribution in [2.75, 3.05) is 38.7 Å². The van der Waals surface area contributed by atoms with Crippen molar-refractivity contribution >= 4 is 21.6 Å². The number of halogens is 2. The Labute approximate surface area is 146 Å². The highest BCUT2D eigenvalue weighted by Gasteiger charge is 2.36. The maximum Gasteiger partial charge on any atom is 0.147 e. The highest BCUT2D eigenvalue weighted by atomic mass is 79.9. The fourth-order valence-electron chi connectivity index (χ4n) is 4.08. The number of hydrogen-bond acceptors (Lipinski definition) is 3. The first kappa shape index (κ1) is 17.2. The molecule has 0 radical (unpaired) electrons. The number of methoxy groups -OCH3 is 1. The summed E-state index contributed by atoms with van der Waals surface area (Å²) in [6, 6.07) is 3.67. The van der Waals surface area contributed by atoms with Gasteiger partial charge in [-0.25, -0.2) is 4.39 Å². The lowest BCUT2D eigenvalue weighted by molar-refractivity contribution is 0.191. The first-order valence-electron chi connectivity index (χ1n) is 8.61. The van der Waals surface area contributed by atoms with Crippen molar-refractivity contribution in [1.29, 1.82) is 0 Å². The van der Waals surface area contributed by atoms with Gasteiger partial charge >= 0.3 is 0 Å². The minimum atomic E-state index is -0.132. The topological polar surface area (TPSA) is 33.3 Å². The van der Waals surface area contributed by atoms with Crippen molar-refractivity contribution in [3.05, 3.63) is 28.0 Å². The molecule has 3 rings (SSSR count). The van der Waals surface area contributed by atoms with Gasteiger partial charge in [-0.15, -0.1) is 0 Å². The number of hydrogen-bond donors (Lipinski definition) is 2. The van der Waals surface area contributed by atoms with Gasteiger partial charge in [-0.05, 0) is 74.2 Å². The van der Waals surface area contributed by atoms with Gasteiger partial charge in [0.25, 0.3) is 0 Å². The van der Waals surface area contributed by atoms with Crippen molar-refractivity contribution in [2.24, 2.45) is 11.8 Å². The summed E-state index contributed by atoms with van der Waals surface area (Å²) in [7, 11) is 1.74. The van der Waals surface area contributed by atoms with Gasteiger partial charge in [-0.3, -0.25) is 0 Å². The molecule has 1 aliphatic heterocycles. The summed E-state index contributed by atoms with van der Waals surface area (Å²) < 4.78 is 20.1. The van der Waals surface area contributed by atoms with Crippen LogP contribution in [-0.4, -0.2) is 33.4 Å². The Kier molecular flexibility index (Phi) is 5.94. The molecular formula is C18H26BrFN2O. The van der Waals surface area contributed by atoms with E-state index in [0.29, 0.717) is 17.8 Å². The fraction of sp³-hybridized carbons (Fsp3) is 0.667. The van der Waals surface area contributed by atoms with Crippen LogP contribution in [0, 0.1) is 17.7 Å². The standard InChI is InChI=1S/C18H26BrFN2O/c1-23-6-2-5-21-10-12-3-4-13-11-22-18-16(15(13)7-12)8-14(19)9-17(18)20/h8-9,12-13,15,21-22H,2-7,10-11H2,1H3. The molecule has 3 unspecified atom stereocenters. The molecule has 3 nitrogen and oxygen atoms in total. The van der Waals surface area contributed by atoms with Crippen LogP contribution in [0.15, 0.2) is 16.6 Å². The average molecular weight is 385 g/mol. The third-order valence-corrected chi connectivity index (χ3v) is 5.72. The number of ether oxygens (including phenoxy) is 1. The molecule has 0 aromatic heterocycles. The van der Waals surface area contributed by atoms with Crippen LogP contribution < -0.4 is 10.6 Å². The van der Waals surface area contributed by atoms with E-state index in [-0.39, 0.29) is 5.82 Å². The van der Waals surface area contributed by atoms with Crippen LogP contribution in [0.25, 0.3) is 0 Å². The summed E-state index contributed by atoms with van der Waals surface area (Å²) in [4.78, 5) is 0. The Morgan fingerprint density at radius 2 is 2.26 bits per heavy atom. The number of anilines is 1. The molecule has 0 amide bonds. The van der Waals surface area contributed by atoms with Crippen LogP contribution in [0.3, 0.4) is 0 Å². The van der Waals surface area contributed by atoms with E-state index >= 15 is 0 Å². The summed E-state index contributed by atoms with van der Waals surface area (Å²) in [5.41, 5.74) is 1.89. The van der Waals surface area contributed by atoms with Gasteiger partial charge in [-0.1, -0.05) is 15.9 Å². The minimum Gasteiger partial charge on any atom is -0.385 e. The molecule has 1 fully saturated rings. The SMILES string of the molecule is COCCCNCC1CCC2CNc3c(F)cc(Br)cc3C2C1. The van der Waals surface area contributed by atoms with Crippen molar-refractivity contribution in [3.8, 4) is 0 Å². The van der Waals surface area contributed by atoms with E-state index in [4.69, 9.17) is 4.74 Å². The zero-order valence-electron chi connectivity index (χ0n) is 13.7. The summed E-state index contributed by atoms with van der Waals surface area (Å²) in [5, 5.41) is 6.87. The van der Waals surface area contributed by atoms with Crippen LogP contribution in [0.2, 0.25) is 0 Å². The number of rotatable bonds is 6. The number of benzene rings is 1. The second kappa shape index (κ2) is 7.95. The average Bonchev–Trinajstić information content (AvgIpc) is 2.54. The molecule has 0 spiro atoms. The van der Waals surface area contributed by atoms with E-state index in [2.05, 4.69) is 32.6 Å². The Bertz CT molecular complexity index is 540. The smallest absolute Gasteiger partial charge is 0.147 e. The first-order chi connectivity index (χ1) is 11.2. The second-order valence-corrected chi connectivity index (χ2v) is 7.74. The number of fused-ring (bicyclic) bond motifs is 3. The second-order valence-electron chi connectivity index (χ2n) is 6.83. The monoisotopic (exact) mass is 384 g/mol. The summed E-state index contributed by atoms with van der Waals surface area (Å²) in [6.07, 6.45) is 4.72. The maximum atomic E-state index is 14.2. The molecule has 2 N–H and O–H groups in total. The van der Waals surface area contributed by atoms with Gasteiger partial charge in [0.1, 0.15) is 5.82 Å². The van der Waals surface area contributed by atoms with Gasteiger partial charge in [-0.2, -0.15) is 0 Å².